The molecule has 1 rings (SSSR count). The highest BCUT2D eigenvalue weighted by Crippen LogP contribution is 2.30. The number of nitrogens with two attached hydrogens (primary N) is 1. The van der Waals surface area contributed by atoms with Gasteiger partial charge in [0.25, 0.3) is 0 Å². The third-order valence-electron chi connectivity index (χ3n) is 3.55. The van der Waals surface area contributed by atoms with Gasteiger partial charge in [-0.2, -0.15) is 0 Å². The fraction of sp³-hybridized carbons (Fsp3) is 1.00. The zero-order chi connectivity index (χ0) is 9.73. The summed E-state index contributed by atoms with van der Waals surface area (Å²) in [4.78, 5) is 0. The van der Waals surface area contributed by atoms with Gasteiger partial charge in [-0.1, -0.05) is 46.0 Å². The third kappa shape index (κ3) is 3.68. The summed E-state index contributed by atoms with van der Waals surface area (Å²) in [6.45, 7) is 4.60. The van der Waals surface area contributed by atoms with E-state index in [9.17, 15) is 0 Å². The van der Waals surface area contributed by atoms with Crippen LogP contribution in [0.4, 0.5) is 0 Å². The second-order valence-electron chi connectivity index (χ2n) is 4.99. The summed E-state index contributed by atoms with van der Waals surface area (Å²) in [5.74, 6) is 0.808. The van der Waals surface area contributed by atoms with Crippen LogP contribution in [0.5, 0.6) is 0 Å². The first-order valence-corrected chi connectivity index (χ1v) is 5.95. The fourth-order valence-electron chi connectivity index (χ4n) is 2.48. The lowest BCUT2D eigenvalue weighted by Crippen LogP contribution is -2.40. The van der Waals surface area contributed by atoms with Gasteiger partial charge in [-0.25, -0.2) is 0 Å². The SMILES string of the molecule is CCC(C)CC1(N)CCCCCC1. The summed E-state index contributed by atoms with van der Waals surface area (Å²) in [5, 5.41) is 0. The van der Waals surface area contributed by atoms with Crippen LogP contribution in [0.3, 0.4) is 0 Å². The number of hydrogen-bond acceptors (Lipinski definition) is 1. The molecule has 1 nitrogen and oxygen atoms in total. The Morgan fingerprint density at radius 1 is 1.15 bits per heavy atom. The minimum absolute atomic E-state index is 0.186. The Kier molecular flexibility index (Phi) is 4.24. The number of hydrogen-bond donors (Lipinski definition) is 1. The normalized spacial score (nSPS) is 25.2. The van der Waals surface area contributed by atoms with E-state index >= 15 is 0 Å². The second kappa shape index (κ2) is 4.99. The smallest absolute Gasteiger partial charge is 0.0156 e. The fourth-order valence-corrected chi connectivity index (χ4v) is 2.48. The Bertz CT molecular complexity index is 134. The molecular weight excluding hydrogens is 158 g/mol. The summed E-state index contributed by atoms with van der Waals surface area (Å²) in [7, 11) is 0. The highest BCUT2D eigenvalue weighted by molar-refractivity contribution is 4.87. The van der Waals surface area contributed by atoms with Gasteiger partial charge in [0.1, 0.15) is 0 Å². The lowest BCUT2D eigenvalue weighted by Gasteiger charge is -2.30. The lowest BCUT2D eigenvalue weighted by atomic mass is 9.82. The maximum Gasteiger partial charge on any atom is 0.0156 e. The topological polar surface area (TPSA) is 26.0 Å². The molecule has 0 aromatic carbocycles. The Morgan fingerprint density at radius 2 is 1.69 bits per heavy atom. The van der Waals surface area contributed by atoms with Gasteiger partial charge in [0, 0.05) is 5.54 Å². The first-order chi connectivity index (χ1) is 6.16. The molecule has 0 aliphatic heterocycles. The van der Waals surface area contributed by atoms with Crippen molar-refractivity contribution in [3.8, 4) is 0 Å². The van der Waals surface area contributed by atoms with Gasteiger partial charge in [0.15, 0.2) is 0 Å². The first-order valence-electron chi connectivity index (χ1n) is 5.95. The van der Waals surface area contributed by atoms with E-state index in [1.165, 1.54) is 51.4 Å². The molecule has 0 heterocycles. The van der Waals surface area contributed by atoms with Crippen molar-refractivity contribution in [2.45, 2.75) is 70.8 Å². The molecule has 1 heteroatoms. The Balaban J connectivity index is 2.41. The number of rotatable bonds is 3. The third-order valence-corrected chi connectivity index (χ3v) is 3.55. The van der Waals surface area contributed by atoms with Crippen molar-refractivity contribution >= 4 is 0 Å². The molecule has 1 saturated carbocycles. The Labute approximate surface area is 83.1 Å². The summed E-state index contributed by atoms with van der Waals surface area (Å²) in [6, 6.07) is 0. The Hall–Kier alpha value is -0.0400. The lowest BCUT2D eigenvalue weighted by molar-refractivity contribution is 0.289. The van der Waals surface area contributed by atoms with E-state index in [0.717, 1.165) is 5.92 Å². The van der Waals surface area contributed by atoms with E-state index in [0.29, 0.717) is 0 Å². The molecule has 0 aromatic rings. The quantitative estimate of drug-likeness (QED) is 0.666. The average molecular weight is 183 g/mol. The van der Waals surface area contributed by atoms with Crippen LogP contribution in [0.1, 0.15) is 65.2 Å². The molecule has 1 aliphatic rings. The highest BCUT2D eigenvalue weighted by atomic mass is 14.7. The molecule has 0 saturated heterocycles. The van der Waals surface area contributed by atoms with Gasteiger partial charge in [-0.3, -0.25) is 0 Å². The summed E-state index contributed by atoms with van der Waals surface area (Å²) < 4.78 is 0. The zero-order valence-electron chi connectivity index (χ0n) is 9.31. The van der Waals surface area contributed by atoms with Crippen LogP contribution >= 0.6 is 0 Å². The minimum atomic E-state index is 0.186. The molecule has 0 aromatic heterocycles. The van der Waals surface area contributed by atoms with E-state index in [4.69, 9.17) is 5.73 Å². The summed E-state index contributed by atoms with van der Waals surface area (Å²) in [6.07, 6.45) is 10.6. The molecule has 1 unspecified atom stereocenters. The van der Waals surface area contributed by atoms with Crippen LogP contribution in [-0.4, -0.2) is 5.54 Å². The van der Waals surface area contributed by atoms with Gasteiger partial charge < -0.3 is 5.73 Å². The van der Waals surface area contributed by atoms with Crippen molar-refractivity contribution in [3.63, 3.8) is 0 Å². The molecular formula is C12H25N. The molecule has 1 atom stereocenters. The average Bonchev–Trinajstić information content (AvgIpc) is 2.30. The van der Waals surface area contributed by atoms with Gasteiger partial charge in [0.2, 0.25) is 0 Å². The van der Waals surface area contributed by atoms with E-state index in [1.807, 2.05) is 0 Å². The second-order valence-corrected chi connectivity index (χ2v) is 4.99. The predicted molar refractivity (Wildman–Crippen MR) is 58.7 cm³/mol. The van der Waals surface area contributed by atoms with E-state index in [2.05, 4.69) is 13.8 Å². The maximum atomic E-state index is 6.44. The highest BCUT2D eigenvalue weighted by Gasteiger charge is 2.27. The zero-order valence-corrected chi connectivity index (χ0v) is 9.31. The summed E-state index contributed by atoms with van der Waals surface area (Å²) >= 11 is 0. The predicted octanol–water partition coefficient (Wildman–Crippen LogP) is 3.47. The molecule has 78 valence electrons. The van der Waals surface area contributed by atoms with Crippen LogP contribution in [-0.2, 0) is 0 Å². The van der Waals surface area contributed by atoms with Crippen LogP contribution in [0.2, 0.25) is 0 Å². The molecule has 2 N–H and O–H groups in total. The van der Waals surface area contributed by atoms with E-state index in [-0.39, 0.29) is 5.54 Å². The van der Waals surface area contributed by atoms with Crippen LogP contribution < -0.4 is 5.73 Å². The first kappa shape index (κ1) is 11.0. The van der Waals surface area contributed by atoms with Crippen molar-refractivity contribution in [1.82, 2.24) is 0 Å². The van der Waals surface area contributed by atoms with Gasteiger partial charge in [-0.15, -0.1) is 0 Å². The molecule has 13 heavy (non-hydrogen) atoms. The van der Waals surface area contributed by atoms with Gasteiger partial charge in [-0.05, 0) is 25.2 Å². The molecule has 0 amide bonds. The minimum Gasteiger partial charge on any atom is -0.325 e. The van der Waals surface area contributed by atoms with Crippen molar-refractivity contribution in [2.75, 3.05) is 0 Å². The maximum absolute atomic E-state index is 6.44. The van der Waals surface area contributed by atoms with Crippen molar-refractivity contribution < 1.29 is 0 Å². The summed E-state index contributed by atoms with van der Waals surface area (Å²) in [5.41, 5.74) is 6.62. The van der Waals surface area contributed by atoms with E-state index < -0.39 is 0 Å². The van der Waals surface area contributed by atoms with E-state index in [1.54, 1.807) is 0 Å². The van der Waals surface area contributed by atoms with Crippen LogP contribution in [0.25, 0.3) is 0 Å². The molecule has 0 spiro atoms. The van der Waals surface area contributed by atoms with Crippen molar-refractivity contribution in [3.05, 3.63) is 0 Å². The van der Waals surface area contributed by atoms with Crippen LogP contribution in [0.15, 0.2) is 0 Å². The standard InChI is InChI=1S/C12H25N/c1-3-11(2)10-12(13)8-6-4-5-7-9-12/h11H,3-10,13H2,1-2H3. The molecule has 0 radical (unpaired) electrons. The Morgan fingerprint density at radius 3 is 2.15 bits per heavy atom. The van der Waals surface area contributed by atoms with Crippen molar-refractivity contribution in [2.24, 2.45) is 11.7 Å². The van der Waals surface area contributed by atoms with Crippen LogP contribution in [0, 0.1) is 5.92 Å². The van der Waals surface area contributed by atoms with Gasteiger partial charge >= 0.3 is 0 Å². The largest absolute Gasteiger partial charge is 0.325 e. The molecule has 1 fully saturated rings. The molecule has 0 bridgehead atoms. The van der Waals surface area contributed by atoms with Crippen molar-refractivity contribution in [1.29, 1.82) is 0 Å². The monoisotopic (exact) mass is 183 g/mol. The van der Waals surface area contributed by atoms with Gasteiger partial charge in [0.05, 0.1) is 0 Å². The molecule has 1 aliphatic carbocycles.